The van der Waals surface area contributed by atoms with E-state index >= 15 is 0 Å². The second-order valence-corrected chi connectivity index (χ2v) is 10.2. The summed E-state index contributed by atoms with van der Waals surface area (Å²) in [7, 11) is 0. The monoisotopic (exact) mass is 507 g/mol. The van der Waals surface area contributed by atoms with E-state index in [4.69, 9.17) is 27.9 Å². The molecule has 0 saturated carbocycles. The SMILES string of the molecule is CC(C)(C)OC(=O)N[C@@H](Cc1ccc(O)cc1)C(=O)N1CCN(Cc2cccc(Cl)c2Cl)CC1. The zero-order valence-corrected chi connectivity index (χ0v) is 21.2. The Morgan fingerprint density at radius 2 is 1.71 bits per heavy atom. The molecule has 2 aromatic carbocycles. The summed E-state index contributed by atoms with van der Waals surface area (Å²) in [6.45, 7) is 8.37. The van der Waals surface area contributed by atoms with Crippen LogP contribution in [0.5, 0.6) is 5.75 Å². The number of halogens is 2. The lowest BCUT2D eigenvalue weighted by Crippen LogP contribution is -2.55. The topological polar surface area (TPSA) is 82.1 Å². The van der Waals surface area contributed by atoms with Gasteiger partial charge >= 0.3 is 6.09 Å². The van der Waals surface area contributed by atoms with Gasteiger partial charge in [-0.2, -0.15) is 0 Å². The van der Waals surface area contributed by atoms with Crippen molar-refractivity contribution in [3.63, 3.8) is 0 Å². The Balaban J connectivity index is 1.65. The van der Waals surface area contributed by atoms with Gasteiger partial charge in [-0.1, -0.05) is 47.5 Å². The molecule has 0 unspecified atom stereocenters. The third kappa shape index (κ3) is 7.52. The molecular weight excluding hydrogens is 477 g/mol. The van der Waals surface area contributed by atoms with E-state index in [2.05, 4.69) is 10.2 Å². The number of phenols is 1. The van der Waals surface area contributed by atoms with E-state index < -0.39 is 17.7 Å². The van der Waals surface area contributed by atoms with Gasteiger partial charge in [0.25, 0.3) is 0 Å². The van der Waals surface area contributed by atoms with Crippen LogP contribution in [0, 0.1) is 0 Å². The van der Waals surface area contributed by atoms with Gasteiger partial charge in [-0.3, -0.25) is 9.69 Å². The summed E-state index contributed by atoms with van der Waals surface area (Å²) in [5, 5.41) is 13.4. The molecule has 2 N–H and O–H groups in total. The lowest BCUT2D eigenvalue weighted by atomic mass is 10.0. The quantitative estimate of drug-likeness (QED) is 0.602. The van der Waals surface area contributed by atoms with Gasteiger partial charge in [0, 0.05) is 39.1 Å². The van der Waals surface area contributed by atoms with E-state index in [1.165, 1.54) is 0 Å². The molecule has 1 saturated heterocycles. The summed E-state index contributed by atoms with van der Waals surface area (Å²) in [6.07, 6.45) is -0.352. The summed E-state index contributed by atoms with van der Waals surface area (Å²) < 4.78 is 5.37. The molecule has 1 aliphatic rings. The average molecular weight is 508 g/mol. The highest BCUT2D eigenvalue weighted by Crippen LogP contribution is 2.27. The molecule has 0 bridgehead atoms. The fourth-order valence-corrected chi connectivity index (χ4v) is 4.16. The zero-order valence-electron chi connectivity index (χ0n) is 19.7. The van der Waals surface area contributed by atoms with Crippen molar-refractivity contribution in [2.75, 3.05) is 26.2 Å². The number of aromatic hydroxyl groups is 1. The standard InChI is InChI=1S/C25H31Cl2N3O4/c1-25(2,3)34-24(33)28-21(15-17-7-9-19(31)10-8-17)23(32)30-13-11-29(12-14-30)16-18-5-4-6-20(26)22(18)27/h4-10,21,31H,11-16H2,1-3H3,(H,28,33)/t21-/m0/s1. The molecule has 1 aliphatic heterocycles. The Morgan fingerprint density at radius 1 is 1.06 bits per heavy atom. The first-order chi connectivity index (χ1) is 16.0. The van der Waals surface area contributed by atoms with Gasteiger partial charge in [0.2, 0.25) is 5.91 Å². The minimum atomic E-state index is -0.784. The van der Waals surface area contributed by atoms with Gasteiger partial charge in [-0.25, -0.2) is 4.79 Å². The minimum Gasteiger partial charge on any atom is -0.508 e. The fraction of sp³-hybridized carbons (Fsp3) is 0.440. The van der Waals surface area contributed by atoms with Gasteiger partial charge in [0.15, 0.2) is 0 Å². The van der Waals surface area contributed by atoms with Crippen molar-refractivity contribution in [2.24, 2.45) is 0 Å². The maximum atomic E-state index is 13.4. The predicted octanol–water partition coefficient (Wildman–Crippen LogP) is 4.48. The smallest absolute Gasteiger partial charge is 0.408 e. The van der Waals surface area contributed by atoms with Gasteiger partial charge in [0.1, 0.15) is 17.4 Å². The van der Waals surface area contributed by atoms with Crippen molar-refractivity contribution >= 4 is 35.2 Å². The molecule has 0 spiro atoms. The highest BCUT2D eigenvalue weighted by molar-refractivity contribution is 6.42. The van der Waals surface area contributed by atoms with Gasteiger partial charge < -0.3 is 20.1 Å². The zero-order chi connectivity index (χ0) is 24.9. The summed E-state index contributed by atoms with van der Waals surface area (Å²) >= 11 is 12.4. The van der Waals surface area contributed by atoms with E-state index in [9.17, 15) is 14.7 Å². The number of benzene rings is 2. The Morgan fingerprint density at radius 3 is 2.32 bits per heavy atom. The van der Waals surface area contributed by atoms with E-state index in [1.54, 1.807) is 56.0 Å². The highest BCUT2D eigenvalue weighted by Gasteiger charge is 2.30. The molecular formula is C25H31Cl2N3O4. The van der Waals surface area contributed by atoms with Crippen LogP contribution in [-0.4, -0.2) is 64.7 Å². The molecule has 2 aromatic rings. The Hall–Kier alpha value is -2.48. The minimum absolute atomic E-state index is 0.141. The Bertz CT molecular complexity index is 1000. The third-order valence-corrected chi connectivity index (χ3v) is 6.33. The number of hydrogen-bond acceptors (Lipinski definition) is 5. The number of carbonyl (C=O) groups is 2. The highest BCUT2D eigenvalue weighted by atomic mass is 35.5. The summed E-state index contributed by atoms with van der Waals surface area (Å²) in [5.74, 6) is -0.0259. The van der Waals surface area contributed by atoms with Crippen LogP contribution in [0.15, 0.2) is 42.5 Å². The number of nitrogens with zero attached hydrogens (tertiary/aromatic N) is 2. The summed E-state index contributed by atoms with van der Waals surface area (Å²) in [4.78, 5) is 29.8. The van der Waals surface area contributed by atoms with Gasteiger partial charge in [-0.15, -0.1) is 0 Å². The molecule has 1 fully saturated rings. The van der Waals surface area contributed by atoms with Crippen LogP contribution in [0.4, 0.5) is 4.79 Å². The molecule has 3 rings (SSSR count). The molecule has 1 heterocycles. The van der Waals surface area contributed by atoms with Gasteiger partial charge in [0.05, 0.1) is 10.0 Å². The fourth-order valence-electron chi connectivity index (χ4n) is 3.78. The van der Waals surface area contributed by atoms with Crippen molar-refractivity contribution in [2.45, 2.75) is 45.4 Å². The van der Waals surface area contributed by atoms with Crippen LogP contribution in [-0.2, 0) is 22.5 Å². The number of nitrogens with one attached hydrogen (secondary N) is 1. The number of alkyl carbamates (subject to hydrolysis) is 1. The number of ether oxygens (including phenoxy) is 1. The summed E-state index contributed by atoms with van der Waals surface area (Å²) in [5.41, 5.74) is 1.09. The normalized spacial score (nSPS) is 15.6. The maximum Gasteiger partial charge on any atom is 0.408 e. The second-order valence-electron chi connectivity index (χ2n) is 9.38. The first-order valence-electron chi connectivity index (χ1n) is 11.2. The van der Waals surface area contributed by atoms with Crippen molar-refractivity contribution in [3.05, 3.63) is 63.6 Å². The van der Waals surface area contributed by atoms with Crippen molar-refractivity contribution in [3.8, 4) is 5.75 Å². The molecule has 0 aromatic heterocycles. The molecule has 2 amide bonds. The van der Waals surface area contributed by atoms with Crippen LogP contribution < -0.4 is 5.32 Å². The molecule has 34 heavy (non-hydrogen) atoms. The Kier molecular flexibility index (Phi) is 8.68. The first kappa shape index (κ1) is 26.1. The molecule has 0 aliphatic carbocycles. The maximum absolute atomic E-state index is 13.4. The number of rotatable bonds is 6. The number of carbonyl (C=O) groups excluding carboxylic acids is 2. The first-order valence-corrected chi connectivity index (χ1v) is 12.0. The van der Waals surface area contributed by atoms with Crippen molar-refractivity contribution < 1.29 is 19.4 Å². The van der Waals surface area contributed by atoms with Crippen LogP contribution >= 0.6 is 23.2 Å². The number of piperazine rings is 1. The molecule has 184 valence electrons. The van der Waals surface area contributed by atoms with Crippen molar-refractivity contribution in [1.82, 2.24) is 15.1 Å². The lowest BCUT2D eigenvalue weighted by molar-refractivity contribution is -0.135. The Labute approximate surface area is 210 Å². The number of phenolic OH excluding ortho intramolecular Hbond substituents is 1. The number of amides is 2. The summed E-state index contributed by atoms with van der Waals surface area (Å²) in [6, 6.07) is 11.4. The van der Waals surface area contributed by atoms with E-state index in [-0.39, 0.29) is 18.1 Å². The van der Waals surface area contributed by atoms with Crippen LogP contribution in [0.2, 0.25) is 10.0 Å². The van der Waals surface area contributed by atoms with Crippen LogP contribution in [0.1, 0.15) is 31.9 Å². The van der Waals surface area contributed by atoms with E-state index in [0.29, 0.717) is 42.8 Å². The number of hydrogen-bond donors (Lipinski definition) is 2. The van der Waals surface area contributed by atoms with Gasteiger partial charge in [-0.05, 0) is 50.1 Å². The molecule has 7 nitrogen and oxygen atoms in total. The predicted molar refractivity (Wildman–Crippen MR) is 133 cm³/mol. The average Bonchev–Trinajstić information content (AvgIpc) is 2.77. The van der Waals surface area contributed by atoms with Crippen LogP contribution in [0.25, 0.3) is 0 Å². The molecule has 1 atom stereocenters. The van der Waals surface area contributed by atoms with Crippen LogP contribution in [0.3, 0.4) is 0 Å². The van der Waals surface area contributed by atoms with E-state index in [1.807, 2.05) is 12.1 Å². The molecule has 9 heteroatoms. The third-order valence-electron chi connectivity index (χ3n) is 5.47. The van der Waals surface area contributed by atoms with Crippen molar-refractivity contribution in [1.29, 1.82) is 0 Å². The second kappa shape index (κ2) is 11.3. The lowest BCUT2D eigenvalue weighted by Gasteiger charge is -2.36. The largest absolute Gasteiger partial charge is 0.508 e. The van der Waals surface area contributed by atoms with E-state index in [0.717, 1.165) is 11.1 Å². The molecule has 0 radical (unpaired) electrons.